The molecule has 2 aromatic rings. The van der Waals surface area contributed by atoms with Crippen LogP contribution < -0.4 is 5.32 Å². The first kappa shape index (κ1) is 21.3. The SMILES string of the molecule is CC(C)(C)OC(=O)N1Cc2cc(NCc3ccc(C4CCCCC4)cn3)ccc2C1=O. The number of imide groups is 1. The Kier molecular flexibility index (Phi) is 5.99. The third kappa shape index (κ3) is 5.06. The molecule has 1 aromatic carbocycles. The Morgan fingerprint density at radius 3 is 2.61 bits per heavy atom. The van der Waals surface area contributed by atoms with Crippen LogP contribution in [-0.2, 0) is 17.8 Å². The summed E-state index contributed by atoms with van der Waals surface area (Å²) in [6.45, 7) is 6.20. The number of amides is 2. The lowest BCUT2D eigenvalue weighted by Crippen LogP contribution is -2.36. The zero-order valence-corrected chi connectivity index (χ0v) is 18.6. The van der Waals surface area contributed by atoms with Crippen molar-refractivity contribution < 1.29 is 14.3 Å². The Morgan fingerprint density at radius 1 is 1.16 bits per heavy atom. The van der Waals surface area contributed by atoms with Gasteiger partial charge in [0.05, 0.1) is 18.8 Å². The molecule has 0 bridgehead atoms. The first-order chi connectivity index (χ1) is 14.8. The van der Waals surface area contributed by atoms with Crippen LogP contribution in [0.25, 0.3) is 0 Å². The topological polar surface area (TPSA) is 71.5 Å². The average Bonchev–Trinajstić information content (AvgIpc) is 3.08. The lowest BCUT2D eigenvalue weighted by atomic mass is 9.85. The maximum atomic E-state index is 12.6. The molecule has 2 aliphatic rings. The van der Waals surface area contributed by atoms with Crippen molar-refractivity contribution in [3.8, 4) is 0 Å². The van der Waals surface area contributed by atoms with E-state index in [2.05, 4.69) is 22.4 Å². The average molecular weight is 422 g/mol. The van der Waals surface area contributed by atoms with Crippen molar-refractivity contribution in [1.82, 2.24) is 9.88 Å². The number of anilines is 1. The standard InChI is InChI=1S/C25H31N3O3/c1-25(2,3)31-24(30)28-16-19-13-20(11-12-22(19)23(28)29)27-15-21-10-9-18(14-26-21)17-7-5-4-6-8-17/h9-14,17,27H,4-8,15-16H2,1-3H3. The zero-order valence-electron chi connectivity index (χ0n) is 18.6. The summed E-state index contributed by atoms with van der Waals surface area (Å²) >= 11 is 0. The Bertz CT molecular complexity index is 957. The van der Waals surface area contributed by atoms with Crippen LogP contribution in [0.15, 0.2) is 36.5 Å². The van der Waals surface area contributed by atoms with Gasteiger partial charge in [0.15, 0.2) is 0 Å². The minimum absolute atomic E-state index is 0.229. The molecule has 1 N–H and O–H groups in total. The van der Waals surface area contributed by atoms with Gasteiger partial charge in [-0.1, -0.05) is 25.3 Å². The van der Waals surface area contributed by atoms with E-state index in [1.807, 2.05) is 18.3 Å². The van der Waals surface area contributed by atoms with E-state index in [1.54, 1.807) is 26.8 Å². The van der Waals surface area contributed by atoms with E-state index in [4.69, 9.17) is 4.74 Å². The quantitative estimate of drug-likeness (QED) is 0.692. The molecule has 1 aromatic heterocycles. The van der Waals surface area contributed by atoms with Gasteiger partial charge in [-0.25, -0.2) is 9.69 Å². The van der Waals surface area contributed by atoms with Gasteiger partial charge in [-0.05, 0) is 74.9 Å². The number of hydrogen-bond acceptors (Lipinski definition) is 5. The number of benzene rings is 1. The molecule has 6 nitrogen and oxygen atoms in total. The minimum atomic E-state index is -0.640. The summed E-state index contributed by atoms with van der Waals surface area (Å²) in [5.41, 5.74) is 3.95. The van der Waals surface area contributed by atoms with Crippen LogP contribution in [0, 0.1) is 0 Å². The van der Waals surface area contributed by atoms with Crippen LogP contribution in [-0.4, -0.2) is 27.5 Å². The molecular weight excluding hydrogens is 390 g/mol. The molecule has 2 amide bonds. The predicted molar refractivity (Wildman–Crippen MR) is 120 cm³/mol. The number of rotatable bonds is 4. The molecule has 31 heavy (non-hydrogen) atoms. The van der Waals surface area contributed by atoms with E-state index in [9.17, 15) is 9.59 Å². The summed E-state index contributed by atoms with van der Waals surface area (Å²) in [5, 5.41) is 3.38. The Balaban J connectivity index is 1.37. The lowest BCUT2D eigenvalue weighted by Gasteiger charge is -2.23. The maximum absolute atomic E-state index is 12.6. The molecule has 0 unspecified atom stereocenters. The molecule has 0 spiro atoms. The predicted octanol–water partition coefficient (Wildman–Crippen LogP) is 5.63. The highest BCUT2D eigenvalue weighted by molar-refractivity contribution is 6.06. The third-order valence-electron chi connectivity index (χ3n) is 5.92. The van der Waals surface area contributed by atoms with Crippen molar-refractivity contribution >= 4 is 17.7 Å². The normalized spacial score (nSPS) is 16.9. The van der Waals surface area contributed by atoms with E-state index in [0.29, 0.717) is 18.0 Å². The highest BCUT2D eigenvalue weighted by Gasteiger charge is 2.35. The molecule has 1 saturated carbocycles. The fourth-order valence-electron chi connectivity index (χ4n) is 4.31. The van der Waals surface area contributed by atoms with Gasteiger partial charge in [-0.3, -0.25) is 9.78 Å². The zero-order chi connectivity index (χ0) is 22.0. The maximum Gasteiger partial charge on any atom is 0.417 e. The van der Waals surface area contributed by atoms with Crippen molar-refractivity contribution in [2.45, 2.75) is 77.5 Å². The van der Waals surface area contributed by atoms with Crippen molar-refractivity contribution in [2.24, 2.45) is 0 Å². The largest absolute Gasteiger partial charge is 0.443 e. The number of nitrogens with zero attached hydrogens (tertiary/aromatic N) is 2. The second kappa shape index (κ2) is 8.69. The van der Waals surface area contributed by atoms with Gasteiger partial charge < -0.3 is 10.1 Å². The molecule has 0 saturated heterocycles. The lowest BCUT2D eigenvalue weighted by molar-refractivity contribution is 0.0248. The number of ether oxygens (including phenoxy) is 1. The van der Waals surface area contributed by atoms with Gasteiger partial charge in [-0.15, -0.1) is 0 Å². The van der Waals surface area contributed by atoms with Crippen LogP contribution >= 0.6 is 0 Å². The summed E-state index contributed by atoms with van der Waals surface area (Å²) in [6.07, 6.45) is 7.95. The number of pyridine rings is 1. The first-order valence-electron chi connectivity index (χ1n) is 11.2. The van der Waals surface area contributed by atoms with Crippen LogP contribution in [0.1, 0.15) is 86.0 Å². The van der Waals surface area contributed by atoms with Crippen molar-refractivity contribution in [3.05, 3.63) is 58.9 Å². The van der Waals surface area contributed by atoms with Crippen LogP contribution in [0.4, 0.5) is 10.5 Å². The van der Waals surface area contributed by atoms with Gasteiger partial charge >= 0.3 is 6.09 Å². The third-order valence-corrected chi connectivity index (χ3v) is 5.92. The molecule has 1 fully saturated rings. The highest BCUT2D eigenvalue weighted by atomic mass is 16.6. The summed E-state index contributed by atoms with van der Waals surface area (Å²) in [4.78, 5) is 30.7. The van der Waals surface area contributed by atoms with Crippen molar-refractivity contribution in [1.29, 1.82) is 0 Å². The molecule has 1 aliphatic heterocycles. The Morgan fingerprint density at radius 2 is 1.94 bits per heavy atom. The van der Waals surface area contributed by atoms with Gasteiger partial charge in [0.25, 0.3) is 5.91 Å². The van der Waals surface area contributed by atoms with Crippen molar-refractivity contribution in [3.63, 3.8) is 0 Å². The van der Waals surface area contributed by atoms with Gasteiger partial charge in [0.2, 0.25) is 0 Å². The number of carbonyl (C=O) groups excluding carboxylic acids is 2. The number of carbonyl (C=O) groups is 2. The van der Waals surface area contributed by atoms with Crippen LogP contribution in [0.5, 0.6) is 0 Å². The summed E-state index contributed by atoms with van der Waals surface area (Å²) in [5.74, 6) is 0.348. The van der Waals surface area contributed by atoms with E-state index < -0.39 is 11.7 Å². The van der Waals surface area contributed by atoms with Gasteiger partial charge in [0, 0.05) is 17.4 Å². The summed E-state index contributed by atoms with van der Waals surface area (Å²) in [6, 6.07) is 9.86. The fraction of sp³-hybridized carbons (Fsp3) is 0.480. The molecule has 2 heterocycles. The van der Waals surface area contributed by atoms with E-state index in [-0.39, 0.29) is 12.5 Å². The molecule has 0 radical (unpaired) electrons. The molecular formula is C25H31N3O3. The van der Waals surface area contributed by atoms with E-state index in [1.165, 1.54) is 37.7 Å². The molecule has 164 valence electrons. The Labute approximate surface area is 184 Å². The second-order valence-corrected chi connectivity index (χ2v) is 9.51. The van der Waals surface area contributed by atoms with Gasteiger partial charge in [0.1, 0.15) is 5.60 Å². The van der Waals surface area contributed by atoms with E-state index >= 15 is 0 Å². The molecule has 4 rings (SSSR count). The van der Waals surface area contributed by atoms with Gasteiger partial charge in [-0.2, -0.15) is 0 Å². The fourth-order valence-corrected chi connectivity index (χ4v) is 4.31. The number of nitrogens with one attached hydrogen (secondary N) is 1. The number of aromatic nitrogens is 1. The van der Waals surface area contributed by atoms with Crippen LogP contribution in [0.2, 0.25) is 0 Å². The number of fused-ring (bicyclic) bond motifs is 1. The van der Waals surface area contributed by atoms with Crippen LogP contribution in [0.3, 0.4) is 0 Å². The van der Waals surface area contributed by atoms with E-state index in [0.717, 1.165) is 21.8 Å². The first-order valence-corrected chi connectivity index (χ1v) is 11.2. The number of hydrogen-bond donors (Lipinski definition) is 1. The molecule has 6 heteroatoms. The Hall–Kier alpha value is -2.89. The second-order valence-electron chi connectivity index (χ2n) is 9.51. The molecule has 1 aliphatic carbocycles. The van der Waals surface area contributed by atoms with Crippen molar-refractivity contribution in [2.75, 3.05) is 5.32 Å². The molecule has 0 atom stereocenters. The summed E-state index contributed by atoms with van der Waals surface area (Å²) < 4.78 is 5.35. The highest BCUT2D eigenvalue weighted by Crippen LogP contribution is 2.32. The smallest absolute Gasteiger partial charge is 0.417 e. The minimum Gasteiger partial charge on any atom is -0.443 e. The summed E-state index contributed by atoms with van der Waals surface area (Å²) in [7, 11) is 0. The monoisotopic (exact) mass is 421 g/mol.